The van der Waals surface area contributed by atoms with Gasteiger partial charge in [-0.25, -0.2) is 4.79 Å². The normalized spacial score (nSPS) is 11.1. The van der Waals surface area contributed by atoms with E-state index in [9.17, 15) is 9.59 Å². The Morgan fingerprint density at radius 3 is 2.28 bits per heavy atom. The molecule has 0 aliphatic carbocycles. The molecule has 5 heteroatoms. The summed E-state index contributed by atoms with van der Waals surface area (Å²) in [7, 11) is 0. The second-order valence-corrected chi connectivity index (χ2v) is 5.18. The Morgan fingerprint density at radius 2 is 1.72 bits per heavy atom. The molecule has 0 aliphatic heterocycles. The maximum Gasteiger partial charge on any atom is 0.315 e. The van der Waals surface area contributed by atoms with Gasteiger partial charge in [0, 0.05) is 18.5 Å². The van der Waals surface area contributed by atoms with Crippen LogP contribution in [0.15, 0.2) is 0 Å². The lowest BCUT2D eigenvalue weighted by Gasteiger charge is -2.24. The Labute approximate surface area is 109 Å². The van der Waals surface area contributed by atoms with Crippen molar-refractivity contribution in [1.82, 2.24) is 10.6 Å². The average Bonchev–Trinajstić information content (AvgIpc) is 2.26. The molecule has 0 spiro atoms. The number of nitrogens with one attached hydrogen (secondary N) is 2. The first kappa shape index (κ1) is 16.7. The van der Waals surface area contributed by atoms with Crippen molar-refractivity contribution in [2.45, 2.75) is 64.8 Å². The highest BCUT2D eigenvalue weighted by atomic mass is 16.4. The van der Waals surface area contributed by atoms with Gasteiger partial charge in [-0.05, 0) is 33.1 Å². The Hall–Kier alpha value is -1.26. The number of rotatable bonds is 9. The van der Waals surface area contributed by atoms with Crippen molar-refractivity contribution in [3.8, 4) is 0 Å². The van der Waals surface area contributed by atoms with Crippen LogP contribution in [-0.4, -0.2) is 29.2 Å². The molecule has 0 aliphatic rings. The first-order valence-electron chi connectivity index (χ1n) is 6.65. The molecule has 0 heterocycles. The van der Waals surface area contributed by atoms with Gasteiger partial charge in [0.15, 0.2) is 0 Å². The van der Waals surface area contributed by atoms with Gasteiger partial charge in [0.1, 0.15) is 0 Å². The SMILES string of the molecule is CCC(C)(C)NC(=O)NCCCCCCC(=O)O. The summed E-state index contributed by atoms with van der Waals surface area (Å²) in [5.74, 6) is -0.741. The van der Waals surface area contributed by atoms with Crippen molar-refractivity contribution in [2.75, 3.05) is 6.54 Å². The number of carbonyl (C=O) groups is 2. The zero-order valence-corrected chi connectivity index (χ0v) is 11.7. The van der Waals surface area contributed by atoms with Gasteiger partial charge in [0.25, 0.3) is 0 Å². The summed E-state index contributed by atoms with van der Waals surface area (Å²) in [5, 5.41) is 14.2. The van der Waals surface area contributed by atoms with E-state index in [1.165, 1.54) is 0 Å². The van der Waals surface area contributed by atoms with Gasteiger partial charge < -0.3 is 15.7 Å². The highest BCUT2D eigenvalue weighted by molar-refractivity contribution is 5.74. The van der Waals surface area contributed by atoms with Crippen LogP contribution in [0.25, 0.3) is 0 Å². The summed E-state index contributed by atoms with van der Waals surface area (Å²) in [4.78, 5) is 21.8. The zero-order chi connectivity index (χ0) is 14.0. The minimum Gasteiger partial charge on any atom is -0.481 e. The van der Waals surface area contributed by atoms with Gasteiger partial charge in [-0.15, -0.1) is 0 Å². The molecule has 0 aromatic carbocycles. The standard InChI is InChI=1S/C13H26N2O3/c1-4-13(2,3)15-12(18)14-10-8-6-5-7-9-11(16)17/h4-10H2,1-3H3,(H,16,17)(H2,14,15,18). The van der Waals surface area contributed by atoms with Crippen LogP contribution in [0.3, 0.4) is 0 Å². The minimum atomic E-state index is -0.741. The number of carboxylic acid groups (broad SMARTS) is 1. The lowest BCUT2D eigenvalue weighted by atomic mass is 10.0. The first-order valence-corrected chi connectivity index (χ1v) is 6.65. The summed E-state index contributed by atoms with van der Waals surface area (Å²) in [6.45, 7) is 6.64. The summed E-state index contributed by atoms with van der Waals surface area (Å²) in [6.07, 6.45) is 4.57. The fourth-order valence-corrected chi connectivity index (χ4v) is 1.40. The monoisotopic (exact) mass is 258 g/mol. The van der Waals surface area contributed by atoms with Crippen molar-refractivity contribution >= 4 is 12.0 Å². The molecule has 0 saturated heterocycles. The van der Waals surface area contributed by atoms with Crippen LogP contribution in [0.1, 0.15) is 59.3 Å². The molecular weight excluding hydrogens is 232 g/mol. The van der Waals surface area contributed by atoms with E-state index in [1.54, 1.807) is 0 Å². The van der Waals surface area contributed by atoms with E-state index >= 15 is 0 Å². The topological polar surface area (TPSA) is 78.4 Å². The van der Waals surface area contributed by atoms with Gasteiger partial charge in [-0.1, -0.05) is 19.8 Å². The van der Waals surface area contributed by atoms with Crippen LogP contribution >= 0.6 is 0 Å². The molecule has 0 atom stereocenters. The number of hydrogen-bond acceptors (Lipinski definition) is 2. The summed E-state index contributed by atoms with van der Waals surface area (Å²) in [5.41, 5.74) is -0.175. The maximum absolute atomic E-state index is 11.5. The maximum atomic E-state index is 11.5. The molecule has 0 radical (unpaired) electrons. The number of aliphatic carboxylic acids is 1. The number of carboxylic acids is 1. The van der Waals surface area contributed by atoms with E-state index in [0.717, 1.165) is 25.7 Å². The highest BCUT2D eigenvalue weighted by Gasteiger charge is 2.16. The predicted octanol–water partition coefficient (Wildman–Crippen LogP) is 2.51. The fraction of sp³-hybridized carbons (Fsp3) is 0.846. The number of urea groups is 1. The largest absolute Gasteiger partial charge is 0.481 e. The molecular formula is C13H26N2O3. The van der Waals surface area contributed by atoms with E-state index in [4.69, 9.17) is 5.11 Å². The third-order valence-electron chi connectivity index (χ3n) is 2.94. The second kappa shape index (κ2) is 8.78. The van der Waals surface area contributed by atoms with Crippen molar-refractivity contribution < 1.29 is 14.7 Å². The molecule has 3 N–H and O–H groups in total. The number of amides is 2. The van der Waals surface area contributed by atoms with E-state index in [1.807, 2.05) is 20.8 Å². The van der Waals surface area contributed by atoms with Crippen molar-refractivity contribution in [2.24, 2.45) is 0 Å². The van der Waals surface area contributed by atoms with Crippen LogP contribution in [0, 0.1) is 0 Å². The Morgan fingerprint density at radius 1 is 1.11 bits per heavy atom. The smallest absolute Gasteiger partial charge is 0.315 e. The molecule has 2 amide bonds. The first-order chi connectivity index (χ1) is 8.37. The lowest BCUT2D eigenvalue weighted by molar-refractivity contribution is -0.137. The van der Waals surface area contributed by atoms with Crippen molar-refractivity contribution in [3.05, 3.63) is 0 Å². The zero-order valence-electron chi connectivity index (χ0n) is 11.7. The Balaban J connectivity index is 3.44. The van der Waals surface area contributed by atoms with Crippen LogP contribution in [0.2, 0.25) is 0 Å². The van der Waals surface area contributed by atoms with Gasteiger partial charge in [0.2, 0.25) is 0 Å². The molecule has 0 aromatic heterocycles. The lowest BCUT2D eigenvalue weighted by Crippen LogP contribution is -2.48. The van der Waals surface area contributed by atoms with E-state index in [0.29, 0.717) is 13.0 Å². The van der Waals surface area contributed by atoms with Crippen LogP contribution < -0.4 is 10.6 Å². The summed E-state index contributed by atoms with van der Waals surface area (Å²) in [6, 6.07) is -0.132. The van der Waals surface area contributed by atoms with Crippen LogP contribution in [0.4, 0.5) is 4.79 Å². The van der Waals surface area contributed by atoms with E-state index in [2.05, 4.69) is 10.6 Å². The van der Waals surface area contributed by atoms with Gasteiger partial charge in [-0.3, -0.25) is 4.79 Å². The third-order valence-corrected chi connectivity index (χ3v) is 2.94. The van der Waals surface area contributed by atoms with Gasteiger partial charge >= 0.3 is 12.0 Å². The second-order valence-electron chi connectivity index (χ2n) is 5.18. The number of unbranched alkanes of at least 4 members (excludes halogenated alkanes) is 3. The van der Waals surface area contributed by atoms with Crippen molar-refractivity contribution in [3.63, 3.8) is 0 Å². The number of hydrogen-bond donors (Lipinski definition) is 3. The van der Waals surface area contributed by atoms with Crippen LogP contribution in [0.5, 0.6) is 0 Å². The Kier molecular flexibility index (Phi) is 8.16. The summed E-state index contributed by atoms with van der Waals surface area (Å²) < 4.78 is 0. The molecule has 0 unspecified atom stereocenters. The van der Waals surface area contributed by atoms with E-state index in [-0.39, 0.29) is 18.0 Å². The number of carbonyl (C=O) groups excluding carboxylic acids is 1. The molecule has 0 saturated carbocycles. The predicted molar refractivity (Wildman–Crippen MR) is 71.6 cm³/mol. The molecule has 18 heavy (non-hydrogen) atoms. The van der Waals surface area contributed by atoms with Gasteiger partial charge in [0.05, 0.1) is 0 Å². The quantitative estimate of drug-likeness (QED) is 0.556. The molecule has 0 rings (SSSR count). The molecule has 0 aromatic rings. The minimum absolute atomic E-state index is 0.132. The third kappa shape index (κ3) is 9.93. The van der Waals surface area contributed by atoms with E-state index < -0.39 is 5.97 Å². The molecule has 106 valence electrons. The Bertz CT molecular complexity index is 265. The molecule has 5 nitrogen and oxygen atoms in total. The fourth-order valence-electron chi connectivity index (χ4n) is 1.40. The van der Waals surface area contributed by atoms with Crippen molar-refractivity contribution in [1.29, 1.82) is 0 Å². The molecule has 0 bridgehead atoms. The molecule has 0 fully saturated rings. The van der Waals surface area contributed by atoms with Crippen LogP contribution in [-0.2, 0) is 4.79 Å². The summed E-state index contributed by atoms with van der Waals surface area (Å²) >= 11 is 0. The van der Waals surface area contributed by atoms with Gasteiger partial charge in [-0.2, -0.15) is 0 Å². The average molecular weight is 258 g/mol. The highest BCUT2D eigenvalue weighted by Crippen LogP contribution is 2.06.